The fraction of sp³-hybridized carbons (Fsp3) is 0.125. The molecule has 0 aliphatic heterocycles. The molecule has 2 amide bonds. The minimum atomic E-state index is -0.276. The summed E-state index contributed by atoms with van der Waals surface area (Å²) in [5.41, 5.74) is 4.68. The molecule has 31 heavy (non-hydrogen) atoms. The number of carbonyl (C=O) groups excluding carboxylic acids is 2. The van der Waals surface area contributed by atoms with Crippen molar-refractivity contribution in [3.8, 4) is 0 Å². The molecule has 3 rings (SSSR count). The molecule has 0 saturated carbocycles. The van der Waals surface area contributed by atoms with Gasteiger partial charge in [-0.3, -0.25) is 9.59 Å². The molecular formula is C24H22ClN3O2S. The third kappa shape index (κ3) is 6.38. The number of thiocarbonyl (C=S) groups is 1. The Bertz CT molecular complexity index is 1130. The van der Waals surface area contributed by atoms with Crippen molar-refractivity contribution in [2.24, 2.45) is 0 Å². The molecule has 0 bridgehead atoms. The molecular weight excluding hydrogens is 430 g/mol. The lowest BCUT2D eigenvalue weighted by molar-refractivity contribution is -0.119. The zero-order valence-corrected chi connectivity index (χ0v) is 18.7. The predicted molar refractivity (Wildman–Crippen MR) is 130 cm³/mol. The van der Waals surface area contributed by atoms with Gasteiger partial charge in [-0.1, -0.05) is 41.9 Å². The molecule has 0 aliphatic carbocycles. The van der Waals surface area contributed by atoms with Crippen LogP contribution in [0.2, 0.25) is 5.02 Å². The first kappa shape index (κ1) is 22.5. The number of halogens is 1. The SMILES string of the molecule is Cc1ccc(NC(=O)c2ccccc2NC(=S)NC(=O)Cc2ccc(Cl)cc2)cc1C. The zero-order valence-electron chi connectivity index (χ0n) is 17.2. The van der Waals surface area contributed by atoms with E-state index in [9.17, 15) is 9.59 Å². The van der Waals surface area contributed by atoms with Crippen LogP contribution >= 0.6 is 23.8 Å². The van der Waals surface area contributed by atoms with Crippen LogP contribution in [0, 0.1) is 13.8 Å². The van der Waals surface area contributed by atoms with Crippen LogP contribution < -0.4 is 16.0 Å². The topological polar surface area (TPSA) is 70.2 Å². The molecule has 0 aliphatic rings. The lowest BCUT2D eigenvalue weighted by Crippen LogP contribution is -2.35. The van der Waals surface area contributed by atoms with Gasteiger partial charge in [-0.15, -0.1) is 0 Å². The average molecular weight is 452 g/mol. The molecule has 0 saturated heterocycles. The van der Waals surface area contributed by atoms with Crippen LogP contribution in [-0.4, -0.2) is 16.9 Å². The Morgan fingerprint density at radius 1 is 0.903 bits per heavy atom. The summed E-state index contributed by atoms with van der Waals surface area (Å²) in [5.74, 6) is -0.543. The van der Waals surface area contributed by atoms with E-state index in [0.717, 1.165) is 16.7 Å². The summed E-state index contributed by atoms with van der Waals surface area (Å²) in [5, 5.41) is 9.20. The van der Waals surface area contributed by atoms with E-state index in [1.165, 1.54) is 0 Å². The number of rotatable bonds is 5. The number of carbonyl (C=O) groups is 2. The molecule has 158 valence electrons. The molecule has 3 aromatic rings. The van der Waals surface area contributed by atoms with Gasteiger partial charge < -0.3 is 16.0 Å². The highest BCUT2D eigenvalue weighted by Crippen LogP contribution is 2.19. The van der Waals surface area contributed by atoms with Crippen molar-refractivity contribution in [3.63, 3.8) is 0 Å². The molecule has 3 aromatic carbocycles. The van der Waals surface area contributed by atoms with Crippen molar-refractivity contribution < 1.29 is 9.59 Å². The number of benzene rings is 3. The first-order chi connectivity index (χ1) is 14.8. The first-order valence-electron chi connectivity index (χ1n) is 9.65. The summed E-state index contributed by atoms with van der Waals surface area (Å²) in [6.07, 6.45) is 0.161. The summed E-state index contributed by atoms with van der Waals surface area (Å²) in [4.78, 5) is 25.1. The largest absolute Gasteiger partial charge is 0.332 e. The highest BCUT2D eigenvalue weighted by Gasteiger charge is 2.14. The van der Waals surface area contributed by atoms with Gasteiger partial charge in [-0.2, -0.15) is 0 Å². The Labute approximate surface area is 191 Å². The second-order valence-electron chi connectivity index (χ2n) is 7.10. The number of hydrogen-bond donors (Lipinski definition) is 3. The van der Waals surface area contributed by atoms with Crippen LogP contribution in [0.15, 0.2) is 66.7 Å². The van der Waals surface area contributed by atoms with Crippen LogP contribution in [0.4, 0.5) is 11.4 Å². The van der Waals surface area contributed by atoms with Crippen molar-refractivity contribution in [2.45, 2.75) is 20.3 Å². The van der Waals surface area contributed by atoms with Crippen molar-refractivity contribution in [1.29, 1.82) is 0 Å². The smallest absolute Gasteiger partial charge is 0.257 e. The third-order valence-electron chi connectivity index (χ3n) is 4.72. The van der Waals surface area contributed by atoms with E-state index >= 15 is 0 Å². The van der Waals surface area contributed by atoms with Crippen LogP contribution in [-0.2, 0) is 11.2 Å². The van der Waals surface area contributed by atoms with Crippen molar-refractivity contribution >= 4 is 52.1 Å². The van der Waals surface area contributed by atoms with Gasteiger partial charge >= 0.3 is 0 Å². The van der Waals surface area contributed by atoms with Crippen LogP contribution in [0.3, 0.4) is 0 Å². The van der Waals surface area contributed by atoms with Gasteiger partial charge in [-0.05, 0) is 79.2 Å². The number of aryl methyl sites for hydroxylation is 2. The first-order valence-corrected chi connectivity index (χ1v) is 10.4. The van der Waals surface area contributed by atoms with E-state index in [1.54, 1.807) is 48.5 Å². The minimum absolute atomic E-state index is 0.116. The van der Waals surface area contributed by atoms with E-state index in [1.807, 2.05) is 32.0 Å². The van der Waals surface area contributed by atoms with Gasteiger partial charge in [0, 0.05) is 10.7 Å². The Kier molecular flexibility index (Phi) is 7.39. The number of anilines is 2. The Morgan fingerprint density at radius 3 is 2.32 bits per heavy atom. The fourth-order valence-corrected chi connectivity index (χ4v) is 3.27. The zero-order chi connectivity index (χ0) is 22.4. The molecule has 7 heteroatoms. The van der Waals surface area contributed by atoms with Gasteiger partial charge in [0.05, 0.1) is 17.7 Å². The lowest BCUT2D eigenvalue weighted by atomic mass is 10.1. The minimum Gasteiger partial charge on any atom is -0.332 e. The van der Waals surface area contributed by atoms with Crippen molar-refractivity contribution in [1.82, 2.24) is 5.32 Å². The van der Waals surface area contributed by atoms with Crippen molar-refractivity contribution in [3.05, 3.63) is 94.0 Å². The molecule has 0 radical (unpaired) electrons. The van der Waals surface area contributed by atoms with Crippen LogP contribution in [0.1, 0.15) is 27.0 Å². The van der Waals surface area contributed by atoms with Crippen molar-refractivity contribution in [2.75, 3.05) is 10.6 Å². The third-order valence-corrected chi connectivity index (χ3v) is 5.17. The van der Waals surface area contributed by atoms with E-state index in [-0.39, 0.29) is 23.3 Å². The number of nitrogens with one attached hydrogen (secondary N) is 3. The second-order valence-corrected chi connectivity index (χ2v) is 7.95. The molecule has 0 unspecified atom stereocenters. The quantitative estimate of drug-likeness (QED) is 0.462. The van der Waals surface area contributed by atoms with Crippen LogP contribution in [0.25, 0.3) is 0 Å². The Balaban J connectivity index is 1.64. The van der Waals surface area contributed by atoms with Crippen LogP contribution in [0.5, 0.6) is 0 Å². The maximum absolute atomic E-state index is 12.8. The molecule has 0 heterocycles. The molecule has 0 spiro atoms. The Hall–Kier alpha value is -3.22. The fourth-order valence-electron chi connectivity index (χ4n) is 2.92. The van der Waals surface area contributed by atoms with E-state index in [0.29, 0.717) is 22.0 Å². The maximum Gasteiger partial charge on any atom is 0.257 e. The summed E-state index contributed by atoms with van der Waals surface area (Å²) in [6, 6.07) is 19.7. The van der Waals surface area contributed by atoms with E-state index in [4.69, 9.17) is 23.8 Å². The summed E-state index contributed by atoms with van der Waals surface area (Å²) in [7, 11) is 0. The number of para-hydroxylation sites is 1. The molecule has 0 atom stereocenters. The normalized spacial score (nSPS) is 10.3. The standard InChI is InChI=1S/C24H22ClN3O2S/c1-15-7-12-19(13-16(15)2)26-23(30)20-5-3-4-6-21(20)27-24(31)28-22(29)14-17-8-10-18(25)11-9-17/h3-13H,14H2,1-2H3,(H,26,30)(H2,27,28,29,31). The summed E-state index contributed by atoms with van der Waals surface area (Å²) < 4.78 is 0. The molecule has 0 aromatic heterocycles. The number of amides is 2. The van der Waals surface area contributed by atoms with E-state index < -0.39 is 0 Å². The van der Waals surface area contributed by atoms with Gasteiger partial charge in [0.1, 0.15) is 0 Å². The summed E-state index contributed by atoms with van der Waals surface area (Å²) >= 11 is 11.1. The molecule has 3 N–H and O–H groups in total. The summed E-state index contributed by atoms with van der Waals surface area (Å²) in [6.45, 7) is 4.01. The number of hydrogen-bond acceptors (Lipinski definition) is 3. The average Bonchev–Trinajstić information content (AvgIpc) is 2.72. The maximum atomic E-state index is 12.8. The second kappa shape index (κ2) is 10.2. The monoisotopic (exact) mass is 451 g/mol. The highest BCUT2D eigenvalue weighted by atomic mass is 35.5. The van der Waals surface area contributed by atoms with Gasteiger partial charge in [-0.25, -0.2) is 0 Å². The highest BCUT2D eigenvalue weighted by molar-refractivity contribution is 7.80. The van der Waals surface area contributed by atoms with E-state index in [2.05, 4.69) is 16.0 Å². The lowest BCUT2D eigenvalue weighted by Gasteiger charge is -2.14. The van der Waals surface area contributed by atoms with Gasteiger partial charge in [0.2, 0.25) is 5.91 Å². The van der Waals surface area contributed by atoms with Gasteiger partial charge in [0.15, 0.2) is 5.11 Å². The molecule has 5 nitrogen and oxygen atoms in total. The predicted octanol–water partition coefficient (Wildman–Crippen LogP) is 5.26. The molecule has 0 fully saturated rings. The van der Waals surface area contributed by atoms with Gasteiger partial charge in [0.25, 0.3) is 5.91 Å². The Morgan fingerprint density at radius 2 is 1.61 bits per heavy atom.